The number of aliphatic imine (C=N–C) groups is 4. The van der Waals surface area contributed by atoms with Crippen molar-refractivity contribution in [3.8, 4) is 0 Å². The molecule has 6 heteroatoms. The van der Waals surface area contributed by atoms with Crippen LogP contribution in [-0.4, -0.2) is 29.3 Å². The molecule has 1 unspecified atom stereocenters. The standard InChI is InChI=1S/C5H4ClN5/c6-3-2-4(9-1-8-2)11-5(7)10-3/h1-2H,(H2,7,8,9,11). The van der Waals surface area contributed by atoms with E-state index in [4.69, 9.17) is 17.3 Å². The van der Waals surface area contributed by atoms with Crippen molar-refractivity contribution in [1.82, 2.24) is 0 Å². The van der Waals surface area contributed by atoms with Gasteiger partial charge in [-0.3, -0.25) is 4.99 Å². The number of nitrogens with two attached hydrogens (primary N) is 1. The molecular weight excluding hydrogens is 166 g/mol. The Bertz CT molecular complexity index is 313. The lowest BCUT2D eigenvalue weighted by atomic mass is 10.3. The topological polar surface area (TPSA) is 75.5 Å². The molecule has 0 aliphatic carbocycles. The zero-order valence-corrected chi connectivity index (χ0v) is 6.15. The van der Waals surface area contributed by atoms with Gasteiger partial charge in [0.2, 0.25) is 5.96 Å². The third kappa shape index (κ3) is 0.932. The van der Waals surface area contributed by atoms with Crippen LogP contribution in [0.25, 0.3) is 0 Å². The maximum Gasteiger partial charge on any atom is 0.223 e. The molecule has 0 bridgehead atoms. The lowest BCUT2D eigenvalue weighted by Crippen LogP contribution is -2.29. The predicted octanol–water partition coefficient (Wildman–Crippen LogP) is -0.239. The van der Waals surface area contributed by atoms with Crippen LogP contribution in [-0.2, 0) is 0 Å². The average molecular weight is 170 g/mol. The highest BCUT2D eigenvalue weighted by Gasteiger charge is 2.26. The van der Waals surface area contributed by atoms with Gasteiger partial charge in [0.05, 0.1) is 0 Å². The Morgan fingerprint density at radius 2 is 2.27 bits per heavy atom. The van der Waals surface area contributed by atoms with Crippen molar-refractivity contribution in [2.45, 2.75) is 6.04 Å². The molecular formula is C5H4ClN5. The SMILES string of the molecule is NC1=NC2=NC=NC2C(Cl)=N1. The first kappa shape index (κ1) is 6.48. The molecule has 2 aliphatic heterocycles. The Hall–Kier alpha value is -1.23. The summed E-state index contributed by atoms with van der Waals surface area (Å²) >= 11 is 5.71. The highest BCUT2D eigenvalue weighted by atomic mass is 35.5. The fourth-order valence-electron chi connectivity index (χ4n) is 0.867. The van der Waals surface area contributed by atoms with Gasteiger partial charge in [-0.2, -0.15) is 4.99 Å². The number of guanidine groups is 1. The molecule has 2 aliphatic rings. The molecule has 0 aromatic rings. The largest absolute Gasteiger partial charge is 0.368 e. The number of hydrogen-bond donors (Lipinski definition) is 1. The lowest BCUT2D eigenvalue weighted by Gasteiger charge is -2.09. The van der Waals surface area contributed by atoms with E-state index >= 15 is 0 Å². The molecule has 0 aromatic heterocycles. The Morgan fingerprint density at radius 1 is 1.45 bits per heavy atom. The summed E-state index contributed by atoms with van der Waals surface area (Å²) in [6.45, 7) is 0. The van der Waals surface area contributed by atoms with Crippen LogP contribution in [0.5, 0.6) is 0 Å². The first-order chi connectivity index (χ1) is 5.27. The van der Waals surface area contributed by atoms with Crippen molar-refractivity contribution >= 4 is 34.9 Å². The first-order valence-electron chi connectivity index (χ1n) is 2.95. The monoisotopic (exact) mass is 169 g/mol. The minimum atomic E-state index is -0.316. The maximum absolute atomic E-state index is 5.71. The second kappa shape index (κ2) is 2.13. The molecule has 0 saturated heterocycles. The second-order valence-corrected chi connectivity index (χ2v) is 2.45. The summed E-state index contributed by atoms with van der Waals surface area (Å²) in [4.78, 5) is 15.4. The van der Waals surface area contributed by atoms with E-state index in [1.54, 1.807) is 0 Å². The molecule has 2 rings (SSSR count). The molecule has 2 N–H and O–H groups in total. The third-order valence-electron chi connectivity index (χ3n) is 1.33. The van der Waals surface area contributed by atoms with E-state index in [2.05, 4.69) is 20.0 Å². The van der Waals surface area contributed by atoms with Crippen molar-refractivity contribution in [2.75, 3.05) is 0 Å². The first-order valence-corrected chi connectivity index (χ1v) is 3.33. The quantitative estimate of drug-likeness (QED) is 0.534. The number of nitrogens with zero attached hydrogens (tertiary/aromatic N) is 4. The molecule has 2 heterocycles. The van der Waals surface area contributed by atoms with E-state index in [1.807, 2.05) is 0 Å². The lowest BCUT2D eigenvalue weighted by molar-refractivity contribution is 1.15. The summed E-state index contributed by atoms with van der Waals surface area (Å²) in [6.07, 6.45) is 1.40. The molecule has 56 valence electrons. The van der Waals surface area contributed by atoms with E-state index in [0.29, 0.717) is 11.0 Å². The Morgan fingerprint density at radius 3 is 3.09 bits per heavy atom. The van der Waals surface area contributed by atoms with E-state index in [0.717, 1.165) is 0 Å². The van der Waals surface area contributed by atoms with Crippen LogP contribution in [0.2, 0.25) is 0 Å². The van der Waals surface area contributed by atoms with Gasteiger partial charge in [0.1, 0.15) is 11.5 Å². The van der Waals surface area contributed by atoms with Crippen molar-refractivity contribution in [2.24, 2.45) is 25.7 Å². The Kier molecular flexibility index (Phi) is 1.25. The van der Waals surface area contributed by atoms with Gasteiger partial charge in [-0.05, 0) is 0 Å². The molecule has 1 atom stereocenters. The van der Waals surface area contributed by atoms with Crippen LogP contribution in [0.3, 0.4) is 0 Å². The van der Waals surface area contributed by atoms with Gasteiger partial charge in [0, 0.05) is 0 Å². The molecule has 5 nitrogen and oxygen atoms in total. The van der Waals surface area contributed by atoms with Crippen molar-refractivity contribution in [1.29, 1.82) is 0 Å². The Labute approximate surface area is 67.4 Å². The van der Waals surface area contributed by atoms with Crippen LogP contribution >= 0.6 is 11.6 Å². The van der Waals surface area contributed by atoms with Crippen molar-refractivity contribution < 1.29 is 0 Å². The van der Waals surface area contributed by atoms with E-state index in [1.165, 1.54) is 6.34 Å². The molecule has 0 aromatic carbocycles. The van der Waals surface area contributed by atoms with Gasteiger partial charge in [0.25, 0.3) is 0 Å². The number of amidine groups is 1. The Balaban J connectivity index is 2.45. The summed E-state index contributed by atoms with van der Waals surface area (Å²) in [5.41, 5.74) is 5.32. The second-order valence-electron chi connectivity index (χ2n) is 2.06. The third-order valence-corrected chi connectivity index (χ3v) is 1.62. The van der Waals surface area contributed by atoms with Crippen LogP contribution < -0.4 is 5.73 Å². The normalized spacial score (nSPS) is 27.4. The molecule has 0 spiro atoms. The maximum atomic E-state index is 5.71. The summed E-state index contributed by atoms with van der Waals surface area (Å²) in [5, 5.41) is 0.324. The van der Waals surface area contributed by atoms with Gasteiger partial charge < -0.3 is 5.73 Å². The summed E-state index contributed by atoms with van der Waals surface area (Å²) in [6, 6.07) is -0.316. The highest BCUT2D eigenvalue weighted by molar-refractivity contribution is 6.70. The zero-order valence-electron chi connectivity index (χ0n) is 5.40. The fraction of sp³-hybridized carbons (Fsp3) is 0.200. The molecule has 0 saturated carbocycles. The van der Waals surface area contributed by atoms with Crippen LogP contribution in [0, 0.1) is 0 Å². The van der Waals surface area contributed by atoms with Gasteiger partial charge >= 0.3 is 0 Å². The van der Waals surface area contributed by atoms with Gasteiger partial charge in [-0.25, -0.2) is 9.98 Å². The fourth-order valence-corrected chi connectivity index (χ4v) is 1.11. The summed E-state index contributed by atoms with van der Waals surface area (Å²) < 4.78 is 0. The van der Waals surface area contributed by atoms with Crippen LogP contribution in [0.15, 0.2) is 20.0 Å². The smallest absolute Gasteiger partial charge is 0.223 e. The van der Waals surface area contributed by atoms with Gasteiger partial charge in [-0.15, -0.1) is 0 Å². The molecule has 0 radical (unpaired) electrons. The van der Waals surface area contributed by atoms with E-state index in [9.17, 15) is 0 Å². The van der Waals surface area contributed by atoms with Crippen LogP contribution in [0.4, 0.5) is 0 Å². The van der Waals surface area contributed by atoms with Crippen molar-refractivity contribution in [3.63, 3.8) is 0 Å². The predicted molar refractivity (Wildman–Crippen MR) is 44.6 cm³/mol. The minimum absolute atomic E-state index is 0.135. The zero-order chi connectivity index (χ0) is 7.84. The van der Waals surface area contributed by atoms with Gasteiger partial charge in [-0.1, -0.05) is 11.6 Å². The number of fused-ring (bicyclic) bond motifs is 1. The number of halogens is 1. The highest BCUT2D eigenvalue weighted by Crippen LogP contribution is 2.12. The summed E-state index contributed by atoms with van der Waals surface area (Å²) in [7, 11) is 0. The molecule has 11 heavy (non-hydrogen) atoms. The van der Waals surface area contributed by atoms with E-state index in [-0.39, 0.29) is 12.0 Å². The molecule has 0 amide bonds. The summed E-state index contributed by atoms with van der Waals surface area (Å²) in [5.74, 6) is 0.651. The minimum Gasteiger partial charge on any atom is -0.368 e. The average Bonchev–Trinajstić information content (AvgIpc) is 2.34. The number of rotatable bonds is 0. The van der Waals surface area contributed by atoms with Gasteiger partial charge in [0.15, 0.2) is 11.9 Å². The molecule has 0 fully saturated rings. The van der Waals surface area contributed by atoms with Crippen molar-refractivity contribution in [3.05, 3.63) is 0 Å². The number of hydrogen-bond acceptors (Lipinski definition) is 5. The van der Waals surface area contributed by atoms with E-state index < -0.39 is 0 Å². The van der Waals surface area contributed by atoms with Crippen LogP contribution in [0.1, 0.15) is 0 Å².